The molecule has 0 aromatic heterocycles. The predicted molar refractivity (Wildman–Crippen MR) is 113 cm³/mol. The van der Waals surface area contributed by atoms with Crippen LogP contribution in [0.4, 0.5) is 14.4 Å². The Morgan fingerprint density at radius 3 is 2.53 bits per heavy atom. The second-order valence-electron chi connectivity index (χ2n) is 8.29. The van der Waals surface area contributed by atoms with Gasteiger partial charge in [0.15, 0.2) is 0 Å². The number of ether oxygens (including phenoxy) is 4. The number of hydrogen-bond donors (Lipinski definition) is 1. The average Bonchev–Trinajstić information content (AvgIpc) is 3.11. The molecule has 1 aliphatic heterocycles. The number of amides is 3. The van der Waals surface area contributed by atoms with Crippen LogP contribution >= 0.6 is 0 Å². The molecule has 0 bridgehead atoms. The van der Waals surface area contributed by atoms with E-state index in [4.69, 9.17) is 18.9 Å². The van der Waals surface area contributed by atoms with Crippen LogP contribution in [0, 0.1) is 0 Å². The van der Waals surface area contributed by atoms with Crippen molar-refractivity contribution in [3.63, 3.8) is 0 Å². The van der Waals surface area contributed by atoms with Gasteiger partial charge >= 0.3 is 24.2 Å². The third-order valence-corrected chi connectivity index (χ3v) is 4.57. The molecule has 1 aromatic carbocycles. The number of alkyl carbamates (subject to hydrolysis) is 1. The number of cyclic esters (lactones) is 1. The van der Waals surface area contributed by atoms with Gasteiger partial charge in [0.05, 0.1) is 13.2 Å². The maximum absolute atomic E-state index is 12.3. The molecule has 2 atom stereocenters. The molecular formula is C22H30N2O8. The van der Waals surface area contributed by atoms with E-state index in [9.17, 15) is 19.2 Å². The van der Waals surface area contributed by atoms with Crippen molar-refractivity contribution in [2.45, 2.75) is 64.3 Å². The Hall–Kier alpha value is -3.30. The summed E-state index contributed by atoms with van der Waals surface area (Å²) in [6, 6.07) is 7.66. The van der Waals surface area contributed by atoms with Gasteiger partial charge in [0.2, 0.25) is 0 Å². The lowest BCUT2D eigenvalue weighted by Gasteiger charge is -2.25. The second kappa shape index (κ2) is 11.4. The highest BCUT2D eigenvalue weighted by molar-refractivity contribution is 5.89. The van der Waals surface area contributed by atoms with Crippen LogP contribution in [0.3, 0.4) is 0 Å². The van der Waals surface area contributed by atoms with Crippen LogP contribution in [-0.2, 0) is 30.3 Å². The fraction of sp³-hybridized carbons (Fsp3) is 0.545. The summed E-state index contributed by atoms with van der Waals surface area (Å²) >= 11 is 0. The normalized spacial score (nSPS) is 16.7. The largest absolute Gasteiger partial charge is 0.467 e. The van der Waals surface area contributed by atoms with Gasteiger partial charge in [-0.25, -0.2) is 24.1 Å². The van der Waals surface area contributed by atoms with Crippen molar-refractivity contribution in [1.82, 2.24) is 10.2 Å². The van der Waals surface area contributed by atoms with Crippen molar-refractivity contribution in [2.75, 3.05) is 13.7 Å². The summed E-state index contributed by atoms with van der Waals surface area (Å²) in [6.45, 7) is 5.20. The molecule has 0 saturated carbocycles. The Balaban J connectivity index is 1.87. The zero-order valence-electron chi connectivity index (χ0n) is 18.8. The van der Waals surface area contributed by atoms with Gasteiger partial charge in [-0.3, -0.25) is 0 Å². The Bertz CT molecular complexity index is 806. The average molecular weight is 450 g/mol. The number of nitrogens with zero attached hydrogens (tertiary/aromatic N) is 1. The summed E-state index contributed by atoms with van der Waals surface area (Å²) in [5, 5.41) is 2.50. The molecule has 1 heterocycles. The van der Waals surface area contributed by atoms with Gasteiger partial charge in [0, 0.05) is 0 Å². The number of carbonyl (C=O) groups is 4. The highest BCUT2D eigenvalue weighted by atomic mass is 16.6. The van der Waals surface area contributed by atoms with Crippen molar-refractivity contribution in [3.8, 4) is 0 Å². The molecule has 176 valence electrons. The molecule has 1 aromatic rings. The standard InChI is InChI=1S/C22H30N2O8/c1-22(2,3)32-21(28)24-16(14-31-20(24)27)11-8-12-17(18(25)29-4)23-19(26)30-13-15-9-6-5-7-10-15/h5-7,9-10,16-17H,8,11-14H2,1-4H3,(H,23,26)/t16-,17+/m0/s1. The lowest BCUT2D eigenvalue weighted by atomic mass is 10.1. The molecule has 1 fully saturated rings. The van der Waals surface area contributed by atoms with E-state index in [1.165, 1.54) is 7.11 Å². The van der Waals surface area contributed by atoms with Crippen molar-refractivity contribution in [2.24, 2.45) is 0 Å². The van der Waals surface area contributed by atoms with Crippen molar-refractivity contribution >= 4 is 24.2 Å². The first-order valence-corrected chi connectivity index (χ1v) is 10.3. The molecule has 32 heavy (non-hydrogen) atoms. The first-order valence-electron chi connectivity index (χ1n) is 10.3. The third-order valence-electron chi connectivity index (χ3n) is 4.57. The van der Waals surface area contributed by atoms with Gasteiger partial charge in [-0.1, -0.05) is 30.3 Å². The number of imide groups is 1. The van der Waals surface area contributed by atoms with Crippen LogP contribution in [0.5, 0.6) is 0 Å². The zero-order chi connectivity index (χ0) is 23.7. The Morgan fingerprint density at radius 1 is 1.22 bits per heavy atom. The van der Waals surface area contributed by atoms with E-state index >= 15 is 0 Å². The molecule has 0 aliphatic carbocycles. The number of esters is 1. The van der Waals surface area contributed by atoms with Crippen LogP contribution in [0.1, 0.15) is 45.6 Å². The minimum atomic E-state index is -0.934. The molecule has 10 nitrogen and oxygen atoms in total. The number of rotatable bonds is 8. The Kier molecular flexibility index (Phi) is 8.86. The maximum Gasteiger partial charge on any atom is 0.420 e. The SMILES string of the molecule is COC(=O)[C@@H](CCC[C@H]1COC(=O)N1C(=O)OC(C)(C)C)NC(=O)OCc1ccccc1. The van der Waals surface area contributed by atoms with Crippen LogP contribution < -0.4 is 5.32 Å². The summed E-state index contributed by atoms with van der Waals surface area (Å²) in [7, 11) is 1.22. The number of methoxy groups -OCH3 is 1. The van der Waals surface area contributed by atoms with Crippen LogP contribution in [0.2, 0.25) is 0 Å². The van der Waals surface area contributed by atoms with Crippen molar-refractivity contribution in [1.29, 1.82) is 0 Å². The maximum atomic E-state index is 12.3. The topological polar surface area (TPSA) is 120 Å². The van der Waals surface area contributed by atoms with E-state index in [0.29, 0.717) is 12.8 Å². The summed E-state index contributed by atoms with van der Waals surface area (Å²) in [6.07, 6.45) is -1.31. The van der Waals surface area contributed by atoms with Gasteiger partial charge in [-0.15, -0.1) is 0 Å². The summed E-state index contributed by atoms with van der Waals surface area (Å²) < 4.78 is 20.2. The van der Waals surface area contributed by atoms with Gasteiger partial charge in [-0.2, -0.15) is 0 Å². The third kappa shape index (κ3) is 7.75. The summed E-state index contributed by atoms with van der Waals surface area (Å²) in [5.41, 5.74) is 0.0511. The second-order valence-corrected chi connectivity index (χ2v) is 8.29. The van der Waals surface area contributed by atoms with E-state index in [-0.39, 0.29) is 19.6 Å². The number of benzene rings is 1. The first kappa shape index (κ1) is 25.0. The summed E-state index contributed by atoms with van der Waals surface area (Å²) in [5.74, 6) is -0.621. The zero-order valence-corrected chi connectivity index (χ0v) is 18.8. The quantitative estimate of drug-likeness (QED) is 0.473. The number of hydrogen-bond acceptors (Lipinski definition) is 8. The summed E-state index contributed by atoms with van der Waals surface area (Å²) in [4.78, 5) is 49.4. The Labute approximate surface area is 187 Å². The highest BCUT2D eigenvalue weighted by Crippen LogP contribution is 2.22. The molecule has 0 radical (unpaired) electrons. The molecule has 2 rings (SSSR count). The molecule has 1 N–H and O–H groups in total. The van der Waals surface area contributed by atoms with Crippen LogP contribution in [0.15, 0.2) is 30.3 Å². The minimum Gasteiger partial charge on any atom is -0.467 e. The predicted octanol–water partition coefficient (Wildman–Crippen LogP) is 3.38. The van der Waals surface area contributed by atoms with Gasteiger partial charge in [-0.05, 0) is 45.6 Å². The van der Waals surface area contributed by atoms with Crippen molar-refractivity contribution < 1.29 is 38.1 Å². The first-order chi connectivity index (χ1) is 15.1. The molecule has 10 heteroatoms. The molecule has 1 saturated heterocycles. The van der Waals surface area contributed by atoms with E-state index in [0.717, 1.165) is 10.5 Å². The lowest BCUT2D eigenvalue weighted by molar-refractivity contribution is -0.143. The van der Waals surface area contributed by atoms with E-state index in [1.807, 2.05) is 30.3 Å². The van der Waals surface area contributed by atoms with Gasteiger partial charge < -0.3 is 24.3 Å². The number of carbonyl (C=O) groups excluding carboxylic acids is 4. The van der Waals surface area contributed by atoms with E-state index in [2.05, 4.69) is 5.32 Å². The fourth-order valence-corrected chi connectivity index (χ4v) is 3.06. The van der Waals surface area contributed by atoms with Crippen molar-refractivity contribution in [3.05, 3.63) is 35.9 Å². The smallest absolute Gasteiger partial charge is 0.420 e. The highest BCUT2D eigenvalue weighted by Gasteiger charge is 2.40. The van der Waals surface area contributed by atoms with E-state index < -0.39 is 41.9 Å². The van der Waals surface area contributed by atoms with Crippen LogP contribution in [0.25, 0.3) is 0 Å². The Morgan fingerprint density at radius 2 is 1.91 bits per heavy atom. The molecule has 3 amide bonds. The molecule has 1 aliphatic rings. The molecule has 0 unspecified atom stereocenters. The molecular weight excluding hydrogens is 420 g/mol. The van der Waals surface area contributed by atoms with E-state index in [1.54, 1.807) is 20.8 Å². The van der Waals surface area contributed by atoms with Gasteiger partial charge in [0.25, 0.3) is 0 Å². The van der Waals surface area contributed by atoms with Crippen LogP contribution in [-0.4, -0.2) is 60.6 Å². The monoisotopic (exact) mass is 450 g/mol. The molecule has 0 spiro atoms. The fourth-order valence-electron chi connectivity index (χ4n) is 3.06. The lowest BCUT2D eigenvalue weighted by Crippen LogP contribution is -2.43. The number of nitrogens with one attached hydrogen (secondary N) is 1. The van der Waals surface area contributed by atoms with Gasteiger partial charge in [0.1, 0.15) is 24.9 Å². The minimum absolute atomic E-state index is 0.0352.